The number of hydrogen-bond acceptors (Lipinski definition) is 2. The summed E-state index contributed by atoms with van der Waals surface area (Å²) in [4.78, 5) is 3.42. The second-order valence-corrected chi connectivity index (χ2v) is 4.97. The lowest BCUT2D eigenvalue weighted by Crippen LogP contribution is -2.23. The number of aromatic amines is 1. The van der Waals surface area contributed by atoms with Gasteiger partial charge >= 0.3 is 0 Å². The quantitative estimate of drug-likeness (QED) is 0.736. The molecule has 3 nitrogen and oxygen atoms in total. The van der Waals surface area contributed by atoms with Gasteiger partial charge in [0.05, 0.1) is 6.10 Å². The van der Waals surface area contributed by atoms with Crippen LogP contribution in [-0.2, 0) is 6.42 Å². The molecule has 0 spiro atoms. The maximum Gasteiger partial charge on any atom is 0.0679 e. The van der Waals surface area contributed by atoms with Crippen LogP contribution in [0.5, 0.6) is 0 Å². The molecule has 3 rings (SSSR count). The molecule has 1 aliphatic heterocycles. The first-order valence-corrected chi connectivity index (χ1v) is 6.21. The minimum atomic E-state index is -0.175. The van der Waals surface area contributed by atoms with Crippen molar-refractivity contribution in [3.05, 3.63) is 35.5 Å². The third kappa shape index (κ3) is 1.96. The fraction of sp³-hybridized carbons (Fsp3) is 0.429. The first-order valence-electron chi connectivity index (χ1n) is 6.21. The van der Waals surface area contributed by atoms with Gasteiger partial charge in [-0.2, -0.15) is 0 Å². The fourth-order valence-corrected chi connectivity index (χ4v) is 2.80. The molecule has 2 aromatic rings. The smallest absolute Gasteiger partial charge is 0.0679 e. The molecule has 3 N–H and O–H groups in total. The summed E-state index contributed by atoms with van der Waals surface area (Å²) in [5, 5.41) is 14.2. The molecule has 1 aromatic heterocycles. The van der Waals surface area contributed by atoms with E-state index in [0.717, 1.165) is 19.4 Å². The van der Waals surface area contributed by atoms with Crippen molar-refractivity contribution in [2.45, 2.75) is 31.9 Å². The lowest BCUT2D eigenvalue weighted by atomic mass is 10.0. The highest BCUT2D eigenvalue weighted by Gasteiger charge is 2.23. The second kappa shape index (κ2) is 4.17. The summed E-state index contributed by atoms with van der Waals surface area (Å²) >= 11 is 0. The van der Waals surface area contributed by atoms with Gasteiger partial charge in [0, 0.05) is 29.2 Å². The van der Waals surface area contributed by atoms with E-state index in [4.69, 9.17) is 0 Å². The Morgan fingerprint density at radius 3 is 2.94 bits per heavy atom. The van der Waals surface area contributed by atoms with Gasteiger partial charge in [-0.15, -0.1) is 0 Å². The van der Waals surface area contributed by atoms with Crippen molar-refractivity contribution in [1.82, 2.24) is 10.3 Å². The maximum atomic E-state index is 9.54. The molecule has 0 amide bonds. The monoisotopic (exact) mass is 230 g/mol. The molecule has 2 atom stereocenters. The Hall–Kier alpha value is -1.32. The summed E-state index contributed by atoms with van der Waals surface area (Å²) in [6.45, 7) is 2.85. The van der Waals surface area contributed by atoms with Crippen molar-refractivity contribution >= 4 is 10.9 Å². The number of rotatable bonds is 2. The Bertz CT molecular complexity index is 532. The standard InChI is InChI=1S/C14H18N2O/c1-9-13(7-10-6-11(17)8-15-10)12-4-2-3-5-14(12)16-9/h2-5,10-11,15-17H,6-8H2,1H3/t10-,11-/m1/s1. The van der Waals surface area contributed by atoms with Gasteiger partial charge in [-0.25, -0.2) is 0 Å². The number of hydrogen-bond donors (Lipinski definition) is 3. The third-order valence-electron chi connectivity index (χ3n) is 3.68. The average Bonchev–Trinajstić information content (AvgIpc) is 2.85. The normalized spacial score (nSPS) is 24.6. The zero-order valence-electron chi connectivity index (χ0n) is 10.0. The predicted molar refractivity (Wildman–Crippen MR) is 69.2 cm³/mol. The maximum absolute atomic E-state index is 9.54. The molecule has 90 valence electrons. The van der Waals surface area contributed by atoms with E-state index in [-0.39, 0.29) is 6.10 Å². The lowest BCUT2D eigenvalue weighted by molar-refractivity contribution is 0.193. The molecular formula is C14H18N2O. The van der Waals surface area contributed by atoms with E-state index in [1.165, 1.54) is 22.2 Å². The van der Waals surface area contributed by atoms with Crippen LogP contribution < -0.4 is 5.32 Å². The van der Waals surface area contributed by atoms with Gasteiger partial charge in [0.2, 0.25) is 0 Å². The van der Waals surface area contributed by atoms with Crippen LogP contribution in [0.2, 0.25) is 0 Å². The number of fused-ring (bicyclic) bond motifs is 1. The van der Waals surface area contributed by atoms with Crippen LogP contribution in [0, 0.1) is 6.92 Å². The van der Waals surface area contributed by atoms with Crippen molar-refractivity contribution in [2.24, 2.45) is 0 Å². The van der Waals surface area contributed by atoms with Gasteiger partial charge in [0.15, 0.2) is 0 Å². The van der Waals surface area contributed by atoms with Crippen molar-refractivity contribution in [1.29, 1.82) is 0 Å². The summed E-state index contributed by atoms with van der Waals surface area (Å²) in [5.74, 6) is 0. The third-order valence-corrected chi connectivity index (χ3v) is 3.68. The molecule has 0 aliphatic carbocycles. The van der Waals surface area contributed by atoms with Crippen LogP contribution in [0.25, 0.3) is 10.9 Å². The van der Waals surface area contributed by atoms with Gasteiger partial charge < -0.3 is 15.4 Å². The topological polar surface area (TPSA) is 48.0 Å². The van der Waals surface area contributed by atoms with E-state index in [9.17, 15) is 5.11 Å². The van der Waals surface area contributed by atoms with Crippen LogP contribution in [0.4, 0.5) is 0 Å². The van der Waals surface area contributed by atoms with Gasteiger partial charge in [-0.05, 0) is 31.4 Å². The molecule has 0 saturated carbocycles. The largest absolute Gasteiger partial charge is 0.392 e. The number of aromatic nitrogens is 1. The van der Waals surface area contributed by atoms with Gasteiger partial charge in [0.1, 0.15) is 0 Å². The Morgan fingerprint density at radius 2 is 2.18 bits per heavy atom. The summed E-state index contributed by atoms with van der Waals surface area (Å²) in [6, 6.07) is 8.82. The Morgan fingerprint density at radius 1 is 1.35 bits per heavy atom. The number of β-amino-alcohol motifs (C(OH)–C–C–N with tert-alkyl or cyclic N) is 1. The zero-order chi connectivity index (χ0) is 11.8. The molecule has 1 aromatic carbocycles. The van der Waals surface area contributed by atoms with E-state index < -0.39 is 0 Å². The number of aliphatic hydroxyl groups excluding tert-OH is 1. The predicted octanol–water partition coefficient (Wildman–Crippen LogP) is 1.74. The Labute approximate surface area is 101 Å². The second-order valence-electron chi connectivity index (χ2n) is 4.97. The van der Waals surface area contributed by atoms with Crippen LogP contribution in [-0.4, -0.2) is 28.8 Å². The number of nitrogens with one attached hydrogen (secondary N) is 2. The molecule has 1 aliphatic rings. The lowest BCUT2D eigenvalue weighted by Gasteiger charge is -2.10. The van der Waals surface area contributed by atoms with E-state index in [2.05, 4.69) is 41.5 Å². The van der Waals surface area contributed by atoms with Crippen molar-refractivity contribution in [3.8, 4) is 0 Å². The van der Waals surface area contributed by atoms with Gasteiger partial charge in [-0.1, -0.05) is 18.2 Å². The molecule has 0 radical (unpaired) electrons. The number of para-hydroxylation sites is 1. The molecule has 2 heterocycles. The Balaban J connectivity index is 1.91. The molecule has 1 fully saturated rings. The average molecular weight is 230 g/mol. The number of aliphatic hydroxyl groups is 1. The molecule has 1 saturated heterocycles. The van der Waals surface area contributed by atoms with Crippen molar-refractivity contribution in [3.63, 3.8) is 0 Å². The first kappa shape index (κ1) is 10.8. The molecule has 0 unspecified atom stereocenters. The molecule has 3 heteroatoms. The molecule has 0 bridgehead atoms. The Kier molecular flexibility index (Phi) is 2.65. The zero-order valence-corrected chi connectivity index (χ0v) is 10.0. The number of aryl methyl sites for hydroxylation is 1. The van der Waals surface area contributed by atoms with E-state index >= 15 is 0 Å². The van der Waals surface area contributed by atoms with Gasteiger partial charge in [0.25, 0.3) is 0 Å². The molecule has 17 heavy (non-hydrogen) atoms. The fourth-order valence-electron chi connectivity index (χ4n) is 2.80. The van der Waals surface area contributed by atoms with Crippen LogP contribution in [0.1, 0.15) is 17.7 Å². The SMILES string of the molecule is Cc1[nH]c2ccccc2c1C[C@H]1C[C@@H](O)CN1. The van der Waals surface area contributed by atoms with E-state index in [1.807, 2.05) is 0 Å². The van der Waals surface area contributed by atoms with E-state index in [1.54, 1.807) is 0 Å². The summed E-state index contributed by atoms with van der Waals surface area (Å²) in [7, 11) is 0. The van der Waals surface area contributed by atoms with Crippen LogP contribution in [0.15, 0.2) is 24.3 Å². The summed E-state index contributed by atoms with van der Waals surface area (Å²) in [5.41, 5.74) is 3.83. The minimum absolute atomic E-state index is 0.175. The summed E-state index contributed by atoms with van der Waals surface area (Å²) in [6.07, 6.45) is 1.68. The number of H-pyrrole nitrogens is 1. The highest BCUT2D eigenvalue weighted by molar-refractivity contribution is 5.84. The first-order chi connectivity index (χ1) is 8.24. The highest BCUT2D eigenvalue weighted by atomic mass is 16.3. The van der Waals surface area contributed by atoms with Crippen molar-refractivity contribution < 1.29 is 5.11 Å². The summed E-state index contributed by atoms with van der Waals surface area (Å²) < 4.78 is 0. The highest BCUT2D eigenvalue weighted by Crippen LogP contribution is 2.24. The van der Waals surface area contributed by atoms with Crippen LogP contribution >= 0.6 is 0 Å². The van der Waals surface area contributed by atoms with Crippen LogP contribution in [0.3, 0.4) is 0 Å². The number of benzene rings is 1. The van der Waals surface area contributed by atoms with E-state index in [0.29, 0.717) is 6.04 Å². The minimum Gasteiger partial charge on any atom is -0.392 e. The van der Waals surface area contributed by atoms with Crippen molar-refractivity contribution in [2.75, 3.05) is 6.54 Å². The van der Waals surface area contributed by atoms with Gasteiger partial charge in [-0.3, -0.25) is 0 Å². The molecular weight excluding hydrogens is 212 g/mol.